The third-order valence-corrected chi connectivity index (χ3v) is 4.91. The Bertz CT molecular complexity index is 1290. The Hall–Kier alpha value is -4.15. The summed E-state index contributed by atoms with van der Waals surface area (Å²) < 4.78 is 1.51. The van der Waals surface area contributed by atoms with E-state index in [0.29, 0.717) is 28.0 Å². The highest BCUT2D eigenvalue weighted by Crippen LogP contribution is 2.26. The number of hydrogen-bond acceptors (Lipinski definition) is 5. The summed E-state index contributed by atoms with van der Waals surface area (Å²) in [6.45, 7) is 0. The molecule has 0 aliphatic rings. The molecule has 4 aromatic rings. The number of pyridine rings is 1. The van der Waals surface area contributed by atoms with Crippen molar-refractivity contribution in [1.29, 1.82) is 5.26 Å². The molecule has 0 atom stereocenters. The van der Waals surface area contributed by atoms with Gasteiger partial charge in [-0.25, -0.2) is 9.67 Å². The van der Waals surface area contributed by atoms with Gasteiger partial charge in [-0.2, -0.15) is 10.4 Å². The summed E-state index contributed by atoms with van der Waals surface area (Å²) >= 11 is 6.32. The summed E-state index contributed by atoms with van der Waals surface area (Å²) in [4.78, 5) is 17.6. The average Bonchev–Trinajstić information content (AvgIpc) is 3.22. The van der Waals surface area contributed by atoms with E-state index < -0.39 is 5.91 Å². The highest BCUT2D eigenvalue weighted by molar-refractivity contribution is 6.34. The van der Waals surface area contributed by atoms with Gasteiger partial charge < -0.3 is 10.6 Å². The maximum atomic E-state index is 13.1. The molecule has 0 bridgehead atoms. The number of halogens is 1. The molecule has 4 rings (SSSR count). The first-order valence-electron chi connectivity index (χ1n) is 9.40. The minimum absolute atomic E-state index is 0.187. The van der Waals surface area contributed by atoms with E-state index >= 15 is 0 Å². The molecule has 2 aromatic heterocycles. The Morgan fingerprint density at radius 2 is 1.87 bits per heavy atom. The molecule has 0 saturated heterocycles. The minimum Gasteiger partial charge on any atom is -0.373 e. The molecular formula is C23H17ClN6O. The van der Waals surface area contributed by atoms with Crippen molar-refractivity contribution >= 4 is 29.1 Å². The van der Waals surface area contributed by atoms with Gasteiger partial charge >= 0.3 is 0 Å². The third kappa shape index (κ3) is 4.25. The summed E-state index contributed by atoms with van der Waals surface area (Å²) in [5.41, 5.74) is 2.65. The molecule has 152 valence electrons. The number of nitrogens with zero attached hydrogens (tertiary/aromatic N) is 4. The van der Waals surface area contributed by atoms with Crippen LogP contribution < -0.4 is 10.6 Å². The van der Waals surface area contributed by atoms with E-state index in [2.05, 4.69) is 20.7 Å². The second-order valence-electron chi connectivity index (χ2n) is 6.58. The van der Waals surface area contributed by atoms with Crippen molar-refractivity contribution in [2.45, 2.75) is 0 Å². The van der Waals surface area contributed by atoms with E-state index in [1.807, 2.05) is 60.7 Å². The first kappa shape index (κ1) is 20.1. The zero-order valence-corrected chi connectivity index (χ0v) is 17.3. The molecule has 0 spiro atoms. The van der Waals surface area contributed by atoms with E-state index in [0.717, 1.165) is 5.56 Å². The Balaban J connectivity index is 1.68. The number of aromatic nitrogens is 3. The summed E-state index contributed by atoms with van der Waals surface area (Å²) in [6.07, 6.45) is 0. The Morgan fingerprint density at radius 3 is 2.61 bits per heavy atom. The fraction of sp³-hybridized carbons (Fsp3) is 0.0435. The van der Waals surface area contributed by atoms with Gasteiger partial charge in [0.15, 0.2) is 5.69 Å². The van der Waals surface area contributed by atoms with Crippen LogP contribution in [0, 0.1) is 11.3 Å². The fourth-order valence-corrected chi connectivity index (χ4v) is 3.27. The van der Waals surface area contributed by atoms with Crippen molar-refractivity contribution in [3.05, 3.63) is 89.1 Å². The second kappa shape index (κ2) is 8.69. The van der Waals surface area contributed by atoms with Gasteiger partial charge in [0, 0.05) is 18.7 Å². The highest BCUT2D eigenvalue weighted by Gasteiger charge is 2.17. The molecule has 0 unspecified atom stereocenters. The molecule has 1 amide bonds. The molecule has 2 aromatic carbocycles. The van der Waals surface area contributed by atoms with Crippen molar-refractivity contribution < 1.29 is 4.79 Å². The van der Waals surface area contributed by atoms with Gasteiger partial charge in [-0.3, -0.25) is 4.79 Å². The molecule has 2 N–H and O–H groups in total. The van der Waals surface area contributed by atoms with Crippen LogP contribution in [0.1, 0.15) is 16.1 Å². The van der Waals surface area contributed by atoms with Crippen LogP contribution in [0.5, 0.6) is 0 Å². The molecule has 0 radical (unpaired) electrons. The van der Waals surface area contributed by atoms with Gasteiger partial charge in [0.2, 0.25) is 0 Å². The zero-order valence-electron chi connectivity index (χ0n) is 16.5. The molecule has 8 heteroatoms. The lowest BCUT2D eigenvalue weighted by molar-refractivity contribution is 0.102. The highest BCUT2D eigenvalue weighted by atomic mass is 35.5. The summed E-state index contributed by atoms with van der Waals surface area (Å²) in [5.74, 6) is 0.664. The van der Waals surface area contributed by atoms with Crippen molar-refractivity contribution in [3.8, 4) is 23.0 Å². The van der Waals surface area contributed by atoms with Crippen LogP contribution in [0.25, 0.3) is 16.9 Å². The number of benzene rings is 2. The molecule has 0 aliphatic heterocycles. The van der Waals surface area contributed by atoms with Gasteiger partial charge in [0.25, 0.3) is 5.91 Å². The molecule has 0 fully saturated rings. The predicted molar refractivity (Wildman–Crippen MR) is 120 cm³/mol. The molecule has 0 aliphatic carbocycles. The Labute approximate surface area is 183 Å². The van der Waals surface area contributed by atoms with Gasteiger partial charge in [-0.15, -0.1) is 0 Å². The Morgan fingerprint density at radius 1 is 1.06 bits per heavy atom. The summed E-state index contributed by atoms with van der Waals surface area (Å²) in [6, 6.07) is 23.5. The maximum Gasteiger partial charge on any atom is 0.258 e. The van der Waals surface area contributed by atoms with Gasteiger partial charge in [-0.05, 0) is 36.4 Å². The molecule has 7 nitrogen and oxygen atoms in total. The molecule has 31 heavy (non-hydrogen) atoms. The van der Waals surface area contributed by atoms with Crippen molar-refractivity contribution in [2.24, 2.45) is 0 Å². The van der Waals surface area contributed by atoms with Gasteiger partial charge in [0.05, 0.1) is 22.0 Å². The molecule has 0 saturated carbocycles. The monoisotopic (exact) mass is 428 g/mol. The quantitative estimate of drug-likeness (QED) is 0.478. The van der Waals surface area contributed by atoms with Crippen molar-refractivity contribution in [3.63, 3.8) is 0 Å². The molecule has 2 heterocycles. The van der Waals surface area contributed by atoms with Crippen LogP contribution in [0.2, 0.25) is 5.02 Å². The number of para-hydroxylation sites is 1. The number of nitriles is 1. The average molecular weight is 429 g/mol. The van der Waals surface area contributed by atoms with Crippen molar-refractivity contribution in [1.82, 2.24) is 14.8 Å². The van der Waals surface area contributed by atoms with Crippen LogP contribution in [-0.4, -0.2) is 27.7 Å². The molecular weight excluding hydrogens is 412 g/mol. The fourth-order valence-electron chi connectivity index (χ4n) is 3.07. The van der Waals surface area contributed by atoms with E-state index in [1.54, 1.807) is 19.2 Å². The lowest BCUT2D eigenvalue weighted by Crippen LogP contribution is -2.15. The first-order chi connectivity index (χ1) is 15.1. The number of carbonyl (C=O) groups excluding carboxylic acids is 1. The number of nitrogens with one attached hydrogen (secondary N) is 2. The van der Waals surface area contributed by atoms with Gasteiger partial charge in [-0.1, -0.05) is 41.9 Å². The van der Waals surface area contributed by atoms with E-state index in [4.69, 9.17) is 11.6 Å². The summed E-state index contributed by atoms with van der Waals surface area (Å²) in [7, 11) is 1.79. The van der Waals surface area contributed by atoms with E-state index in [-0.39, 0.29) is 11.3 Å². The third-order valence-electron chi connectivity index (χ3n) is 4.58. The lowest BCUT2D eigenvalue weighted by Gasteiger charge is -2.11. The number of anilines is 2. The Kier molecular flexibility index (Phi) is 5.65. The van der Waals surface area contributed by atoms with Crippen LogP contribution in [-0.2, 0) is 0 Å². The number of carbonyl (C=O) groups is 1. The normalized spacial score (nSPS) is 10.4. The largest absolute Gasteiger partial charge is 0.373 e. The van der Waals surface area contributed by atoms with Gasteiger partial charge in [0.1, 0.15) is 17.7 Å². The van der Waals surface area contributed by atoms with Crippen LogP contribution in [0.15, 0.2) is 72.8 Å². The number of rotatable bonds is 5. The summed E-state index contributed by atoms with van der Waals surface area (Å²) in [5, 5.41) is 19.6. The maximum absolute atomic E-state index is 13.1. The minimum atomic E-state index is -0.418. The van der Waals surface area contributed by atoms with Crippen molar-refractivity contribution in [2.75, 3.05) is 17.7 Å². The van der Waals surface area contributed by atoms with E-state index in [9.17, 15) is 10.1 Å². The van der Waals surface area contributed by atoms with Crippen LogP contribution in [0.4, 0.5) is 11.6 Å². The van der Waals surface area contributed by atoms with Crippen LogP contribution in [0.3, 0.4) is 0 Å². The standard InChI is InChI=1S/C23H17ClN6O/c1-26-21-9-5-8-20(27-21)15-10-11-19(24)18(12-15)23(31)28-22-13-16(14-25)29-30(22)17-6-3-2-4-7-17/h2-13H,1H3,(H,26,27)(H,28,31). The topological polar surface area (TPSA) is 95.6 Å². The zero-order chi connectivity index (χ0) is 21.8. The number of hydrogen-bond donors (Lipinski definition) is 2. The first-order valence-corrected chi connectivity index (χ1v) is 9.78. The lowest BCUT2D eigenvalue weighted by atomic mass is 10.1. The predicted octanol–water partition coefficient (Wildman–Crippen LogP) is 4.75. The van der Waals surface area contributed by atoms with E-state index in [1.165, 1.54) is 10.7 Å². The second-order valence-corrected chi connectivity index (χ2v) is 6.99. The number of amides is 1. The SMILES string of the molecule is CNc1cccc(-c2ccc(Cl)c(C(=O)Nc3cc(C#N)nn3-c3ccccc3)c2)n1. The van der Waals surface area contributed by atoms with Crippen LogP contribution >= 0.6 is 11.6 Å². The smallest absolute Gasteiger partial charge is 0.258 e.